The van der Waals surface area contributed by atoms with E-state index in [2.05, 4.69) is 39.8 Å². The summed E-state index contributed by atoms with van der Waals surface area (Å²) in [5, 5.41) is 23.1. The molecule has 7 heteroatoms. The van der Waals surface area contributed by atoms with Crippen LogP contribution < -0.4 is 0 Å². The van der Waals surface area contributed by atoms with Crippen LogP contribution in [0.4, 0.5) is 0 Å². The van der Waals surface area contributed by atoms with E-state index < -0.39 is 6.10 Å². The fourth-order valence-electron chi connectivity index (χ4n) is 3.55. The highest BCUT2D eigenvalue weighted by molar-refractivity contribution is 7.99. The van der Waals surface area contributed by atoms with Gasteiger partial charge in [-0.25, -0.2) is 0 Å². The maximum atomic E-state index is 10.4. The van der Waals surface area contributed by atoms with Crippen molar-refractivity contribution in [3.63, 3.8) is 0 Å². The van der Waals surface area contributed by atoms with Crippen molar-refractivity contribution in [2.45, 2.75) is 43.6 Å². The van der Waals surface area contributed by atoms with Crippen molar-refractivity contribution in [3.8, 4) is 5.69 Å². The first-order chi connectivity index (χ1) is 13.7. The Bertz CT molecular complexity index is 930. The molecule has 2 atom stereocenters. The maximum absolute atomic E-state index is 10.4. The van der Waals surface area contributed by atoms with Crippen LogP contribution in [0.1, 0.15) is 35.6 Å². The quantitative estimate of drug-likeness (QED) is 0.616. The number of nitrogens with zero attached hydrogens (tertiary/aromatic N) is 4. The zero-order valence-corrected chi connectivity index (χ0v) is 16.7. The molecule has 28 heavy (non-hydrogen) atoms. The number of aromatic nitrogens is 4. The molecule has 0 saturated carbocycles. The molecule has 1 heterocycles. The van der Waals surface area contributed by atoms with E-state index in [-0.39, 0.29) is 6.10 Å². The van der Waals surface area contributed by atoms with Crippen molar-refractivity contribution < 1.29 is 9.84 Å². The van der Waals surface area contributed by atoms with Crippen LogP contribution in [0.25, 0.3) is 5.69 Å². The first-order valence-corrected chi connectivity index (χ1v) is 10.6. The van der Waals surface area contributed by atoms with E-state index in [9.17, 15) is 5.11 Å². The fraction of sp³-hybridized carbons (Fsp3) is 0.381. The Morgan fingerprint density at radius 1 is 1.21 bits per heavy atom. The lowest BCUT2D eigenvalue weighted by molar-refractivity contribution is -0.00960. The Morgan fingerprint density at radius 2 is 2.04 bits per heavy atom. The molecular weight excluding hydrogens is 372 g/mol. The molecule has 2 aromatic carbocycles. The van der Waals surface area contributed by atoms with Gasteiger partial charge in [0, 0.05) is 5.75 Å². The number of aliphatic hydroxyl groups excluding tert-OH is 1. The minimum atomic E-state index is -0.582. The largest absolute Gasteiger partial charge is 0.390 e. The lowest BCUT2D eigenvalue weighted by Gasteiger charge is -2.26. The normalized spacial score (nSPS) is 17.3. The minimum Gasteiger partial charge on any atom is -0.390 e. The minimum absolute atomic E-state index is 0.0712. The zero-order valence-electron chi connectivity index (χ0n) is 15.9. The lowest BCUT2D eigenvalue weighted by Crippen LogP contribution is -2.22. The first-order valence-electron chi connectivity index (χ1n) is 9.57. The van der Waals surface area contributed by atoms with Crippen LogP contribution in [0.2, 0.25) is 0 Å². The van der Waals surface area contributed by atoms with Gasteiger partial charge in [0.15, 0.2) is 0 Å². The molecule has 0 radical (unpaired) electrons. The lowest BCUT2D eigenvalue weighted by atomic mass is 9.89. The number of rotatable bonds is 7. The molecule has 6 nitrogen and oxygen atoms in total. The molecule has 0 amide bonds. The Kier molecular flexibility index (Phi) is 6.04. The molecule has 146 valence electrons. The Hall–Kier alpha value is -2.22. The van der Waals surface area contributed by atoms with E-state index >= 15 is 0 Å². The van der Waals surface area contributed by atoms with Crippen molar-refractivity contribution in [2.75, 3.05) is 12.4 Å². The summed E-state index contributed by atoms with van der Waals surface area (Å²) < 4.78 is 7.77. The third-order valence-electron chi connectivity index (χ3n) is 4.99. The molecule has 0 unspecified atom stereocenters. The summed E-state index contributed by atoms with van der Waals surface area (Å²) in [4.78, 5) is 0. The summed E-state index contributed by atoms with van der Waals surface area (Å²) in [6, 6.07) is 16.4. The van der Waals surface area contributed by atoms with Crippen LogP contribution in [0.3, 0.4) is 0 Å². The summed E-state index contributed by atoms with van der Waals surface area (Å²) in [5.74, 6) is 0.473. The molecule has 3 aromatic rings. The average Bonchev–Trinajstić information content (AvgIpc) is 3.19. The second-order valence-corrected chi connectivity index (χ2v) is 8.02. The van der Waals surface area contributed by atoms with Crippen LogP contribution in [0.5, 0.6) is 0 Å². The third-order valence-corrected chi connectivity index (χ3v) is 6.06. The smallest absolute Gasteiger partial charge is 0.214 e. The highest BCUT2D eigenvalue weighted by Gasteiger charge is 2.21. The number of thioether (sulfide) groups is 1. The van der Waals surface area contributed by atoms with E-state index in [1.54, 1.807) is 4.68 Å². The summed E-state index contributed by atoms with van der Waals surface area (Å²) in [6.07, 6.45) is 2.72. The van der Waals surface area contributed by atoms with Crippen molar-refractivity contribution >= 4 is 11.8 Å². The van der Waals surface area contributed by atoms with Crippen molar-refractivity contribution in [1.82, 2.24) is 20.2 Å². The first kappa shape index (κ1) is 19.1. The van der Waals surface area contributed by atoms with Gasteiger partial charge >= 0.3 is 0 Å². The van der Waals surface area contributed by atoms with Gasteiger partial charge in [-0.1, -0.05) is 54.2 Å². The molecule has 0 aliphatic heterocycles. The van der Waals surface area contributed by atoms with Crippen LogP contribution in [0.15, 0.2) is 53.7 Å². The van der Waals surface area contributed by atoms with E-state index in [0.29, 0.717) is 17.5 Å². The number of hydrogen-bond acceptors (Lipinski definition) is 6. The molecule has 1 aromatic heterocycles. The second-order valence-electron chi connectivity index (χ2n) is 7.04. The Balaban J connectivity index is 1.34. The van der Waals surface area contributed by atoms with Crippen LogP contribution in [0, 0.1) is 6.92 Å². The van der Waals surface area contributed by atoms with Crippen molar-refractivity contribution in [2.24, 2.45) is 0 Å². The molecule has 0 bridgehead atoms. The van der Waals surface area contributed by atoms with Gasteiger partial charge in [-0.2, -0.15) is 4.68 Å². The molecule has 1 N–H and O–H groups in total. The van der Waals surface area contributed by atoms with Crippen LogP contribution in [-0.4, -0.2) is 43.8 Å². The molecule has 0 spiro atoms. The van der Waals surface area contributed by atoms with Gasteiger partial charge in [0.05, 0.1) is 24.5 Å². The maximum Gasteiger partial charge on any atom is 0.214 e. The number of fused-ring (bicyclic) bond motifs is 1. The Morgan fingerprint density at radius 3 is 2.93 bits per heavy atom. The summed E-state index contributed by atoms with van der Waals surface area (Å²) in [5.41, 5.74) is 4.66. The van der Waals surface area contributed by atoms with Gasteiger partial charge in [-0.15, -0.1) is 5.10 Å². The van der Waals surface area contributed by atoms with Gasteiger partial charge in [0.2, 0.25) is 5.16 Å². The summed E-state index contributed by atoms with van der Waals surface area (Å²) in [6.45, 7) is 2.33. The van der Waals surface area contributed by atoms with Crippen LogP contribution >= 0.6 is 11.8 Å². The van der Waals surface area contributed by atoms with E-state index in [1.165, 1.54) is 22.9 Å². The molecule has 0 fully saturated rings. The van der Waals surface area contributed by atoms with Gasteiger partial charge in [0.25, 0.3) is 0 Å². The molecule has 1 aliphatic rings. The molecular formula is C21H24N4O2S. The van der Waals surface area contributed by atoms with Gasteiger partial charge in [-0.3, -0.25) is 0 Å². The van der Waals surface area contributed by atoms with Crippen molar-refractivity contribution in [1.29, 1.82) is 0 Å². The predicted molar refractivity (Wildman–Crippen MR) is 109 cm³/mol. The number of ether oxygens (including phenoxy) is 1. The van der Waals surface area contributed by atoms with E-state index in [1.807, 2.05) is 31.2 Å². The number of benzene rings is 2. The van der Waals surface area contributed by atoms with E-state index in [4.69, 9.17) is 4.74 Å². The van der Waals surface area contributed by atoms with Gasteiger partial charge < -0.3 is 9.84 Å². The second kappa shape index (κ2) is 8.86. The fourth-order valence-corrected chi connectivity index (χ4v) is 4.34. The van der Waals surface area contributed by atoms with E-state index in [0.717, 1.165) is 30.5 Å². The van der Waals surface area contributed by atoms with Crippen molar-refractivity contribution in [3.05, 3.63) is 65.2 Å². The third kappa shape index (κ3) is 4.27. The number of aliphatic hydroxyl groups is 1. The predicted octanol–water partition coefficient (Wildman–Crippen LogP) is 3.52. The highest BCUT2D eigenvalue weighted by Crippen LogP contribution is 2.32. The standard InChI is InChI=1S/C21H24N4O2S/c1-15-7-2-5-11-19(15)25-21(22-23-24-25)28-14-17(26)13-27-20-12-6-9-16-8-3-4-10-18(16)20/h2-5,7-8,10-11,17,20,26H,6,9,12-14H2,1H3/t17-,20+/m1/s1. The summed E-state index contributed by atoms with van der Waals surface area (Å²) >= 11 is 1.43. The molecule has 1 aliphatic carbocycles. The highest BCUT2D eigenvalue weighted by atomic mass is 32.2. The van der Waals surface area contributed by atoms with Crippen LogP contribution in [-0.2, 0) is 11.2 Å². The zero-order chi connectivity index (χ0) is 19.3. The number of para-hydroxylation sites is 1. The number of hydrogen-bond donors (Lipinski definition) is 1. The Labute approximate surface area is 168 Å². The SMILES string of the molecule is Cc1ccccc1-n1nnnc1SC[C@H](O)CO[C@H]1CCCc2ccccc21. The average molecular weight is 397 g/mol. The topological polar surface area (TPSA) is 73.1 Å². The molecule has 4 rings (SSSR count). The van der Waals surface area contributed by atoms with Gasteiger partial charge in [0.1, 0.15) is 0 Å². The number of aryl methyl sites for hydroxylation is 2. The summed E-state index contributed by atoms with van der Waals surface area (Å²) in [7, 11) is 0. The monoisotopic (exact) mass is 396 g/mol. The number of tetrazole rings is 1. The molecule has 0 saturated heterocycles. The van der Waals surface area contributed by atoms with Gasteiger partial charge in [-0.05, 0) is 59.4 Å².